The zero-order valence-electron chi connectivity index (χ0n) is 18.0. The lowest BCUT2D eigenvalue weighted by molar-refractivity contribution is -0.137. The van der Waals surface area contributed by atoms with Crippen molar-refractivity contribution in [3.63, 3.8) is 0 Å². The maximum absolute atomic E-state index is 13.2. The van der Waals surface area contributed by atoms with Crippen LogP contribution in [0.2, 0.25) is 0 Å². The number of carbonyl (C=O) groups excluding carboxylic acids is 3. The maximum atomic E-state index is 13.2. The monoisotopic (exact) mass is 395 g/mol. The number of hydrogen-bond acceptors (Lipinski definition) is 4. The van der Waals surface area contributed by atoms with Crippen LogP contribution < -0.4 is 16.0 Å². The second-order valence-electron chi connectivity index (χ2n) is 8.62. The average Bonchev–Trinajstić information content (AvgIpc) is 2.58. The van der Waals surface area contributed by atoms with Gasteiger partial charge in [0.2, 0.25) is 11.8 Å². The summed E-state index contributed by atoms with van der Waals surface area (Å²) in [6.07, 6.45) is 5.16. The van der Waals surface area contributed by atoms with E-state index in [9.17, 15) is 14.4 Å². The highest BCUT2D eigenvalue weighted by atomic mass is 16.6. The molecule has 0 saturated heterocycles. The van der Waals surface area contributed by atoms with Crippen LogP contribution in [0.4, 0.5) is 4.79 Å². The van der Waals surface area contributed by atoms with E-state index < -0.39 is 17.2 Å². The van der Waals surface area contributed by atoms with Crippen LogP contribution in [0.15, 0.2) is 12.7 Å². The van der Waals surface area contributed by atoms with E-state index in [4.69, 9.17) is 4.74 Å². The van der Waals surface area contributed by atoms with Crippen molar-refractivity contribution >= 4 is 17.9 Å². The molecule has 1 aliphatic carbocycles. The summed E-state index contributed by atoms with van der Waals surface area (Å²) in [6.45, 7) is 13.5. The molecule has 7 heteroatoms. The molecule has 1 saturated carbocycles. The summed E-state index contributed by atoms with van der Waals surface area (Å²) >= 11 is 0. The second-order valence-corrected chi connectivity index (χ2v) is 8.62. The Morgan fingerprint density at radius 1 is 1.21 bits per heavy atom. The van der Waals surface area contributed by atoms with Crippen LogP contribution in [0.25, 0.3) is 0 Å². The van der Waals surface area contributed by atoms with Crippen molar-refractivity contribution in [1.29, 1.82) is 0 Å². The molecule has 0 aromatic heterocycles. The van der Waals surface area contributed by atoms with Crippen LogP contribution >= 0.6 is 0 Å². The normalized spacial score (nSPS) is 24.8. The summed E-state index contributed by atoms with van der Waals surface area (Å²) in [6, 6.07) is 0. The van der Waals surface area contributed by atoms with Crippen molar-refractivity contribution in [1.82, 2.24) is 16.0 Å². The Morgan fingerprint density at radius 3 is 2.43 bits per heavy atom. The number of unbranched alkanes of at least 4 members (excludes halogenated alkanes) is 1. The van der Waals surface area contributed by atoms with Gasteiger partial charge in [0.1, 0.15) is 11.1 Å². The summed E-state index contributed by atoms with van der Waals surface area (Å²) in [5.41, 5.74) is -1.68. The molecule has 0 aromatic carbocycles. The molecular weight excluding hydrogens is 358 g/mol. The van der Waals surface area contributed by atoms with Crippen molar-refractivity contribution in [2.24, 2.45) is 11.8 Å². The Labute approximate surface area is 169 Å². The molecule has 3 amide bonds. The lowest BCUT2D eigenvalue weighted by Crippen LogP contribution is -2.66. The van der Waals surface area contributed by atoms with Crippen molar-refractivity contribution in [2.75, 3.05) is 13.1 Å². The largest absolute Gasteiger partial charge is 0.444 e. The van der Waals surface area contributed by atoms with E-state index in [2.05, 4.69) is 29.5 Å². The fourth-order valence-electron chi connectivity index (χ4n) is 3.68. The minimum atomic E-state index is -1.08. The number of allylic oxidation sites excluding steroid dienone is 1. The zero-order chi connectivity index (χ0) is 21.4. The van der Waals surface area contributed by atoms with E-state index in [0.717, 1.165) is 19.3 Å². The lowest BCUT2D eigenvalue weighted by atomic mass is 9.67. The number of nitrogens with one attached hydrogen (secondary N) is 3. The van der Waals surface area contributed by atoms with E-state index in [0.29, 0.717) is 19.4 Å². The van der Waals surface area contributed by atoms with Crippen LogP contribution in [0, 0.1) is 11.8 Å². The minimum Gasteiger partial charge on any atom is -0.444 e. The van der Waals surface area contributed by atoms with Gasteiger partial charge in [0.25, 0.3) is 0 Å². The smallest absolute Gasteiger partial charge is 0.407 e. The first-order valence-corrected chi connectivity index (χ1v) is 10.2. The van der Waals surface area contributed by atoms with E-state index in [1.54, 1.807) is 20.8 Å². The van der Waals surface area contributed by atoms with Crippen molar-refractivity contribution in [2.45, 2.75) is 77.9 Å². The Bertz CT molecular complexity index is 570. The van der Waals surface area contributed by atoms with Gasteiger partial charge in [0.05, 0.1) is 0 Å². The highest BCUT2D eigenvalue weighted by Gasteiger charge is 2.49. The molecule has 28 heavy (non-hydrogen) atoms. The predicted octanol–water partition coefficient (Wildman–Crippen LogP) is 2.90. The molecule has 1 aliphatic rings. The molecule has 3 atom stereocenters. The molecule has 0 bridgehead atoms. The van der Waals surface area contributed by atoms with Gasteiger partial charge >= 0.3 is 6.09 Å². The van der Waals surface area contributed by atoms with Gasteiger partial charge in [-0.1, -0.05) is 19.4 Å². The van der Waals surface area contributed by atoms with Crippen LogP contribution in [0.1, 0.15) is 66.7 Å². The molecular formula is C21H37N3O4. The Balaban J connectivity index is 3.02. The highest BCUT2D eigenvalue weighted by molar-refractivity contribution is 5.91. The molecule has 1 rings (SSSR count). The fourth-order valence-corrected chi connectivity index (χ4v) is 3.68. The number of rotatable bonds is 8. The van der Waals surface area contributed by atoms with Crippen molar-refractivity contribution in [3.05, 3.63) is 12.7 Å². The maximum Gasteiger partial charge on any atom is 0.407 e. The van der Waals surface area contributed by atoms with Crippen LogP contribution in [0.5, 0.6) is 0 Å². The summed E-state index contributed by atoms with van der Waals surface area (Å²) in [4.78, 5) is 37.3. The van der Waals surface area contributed by atoms with E-state index in [-0.39, 0.29) is 30.2 Å². The molecule has 0 radical (unpaired) electrons. The van der Waals surface area contributed by atoms with Gasteiger partial charge in [-0.2, -0.15) is 0 Å². The number of hydrogen-bond donors (Lipinski definition) is 3. The van der Waals surface area contributed by atoms with E-state index >= 15 is 0 Å². The third-order valence-corrected chi connectivity index (χ3v) is 5.01. The van der Waals surface area contributed by atoms with Gasteiger partial charge in [-0.05, 0) is 52.4 Å². The van der Waals surface area contributed by atoms with Crippen LogP contribution in [-0.4, -0.2) is 42.1 Å². The Morgan fingerprint density at radius 2 is 1.89 bits per heavy atom. The summed E-state index contributed by atoms with van der Waals surface area (Å²) in [5.74, 6) is -0.570. The molecule has 3 N–H and O–H groups in total. The summed E-state index contributed by atoms with van der Waals surface area (Å²) in [5, 5.41) is 8.66. The Kier molecular flexibility index (Phi) is 8.98. The topological polar surface area (TPSA) is 96.5 Å². The molecule has 1 fully saturated rings. The summed E-state index contributed by atoms with van der Waals surface area (Å²) in [7, 11) is 0. The SMILES string of the molecule is C=C[C@@H]1CC[C@@H](CNC(=O)OC(C)(C)C)[C@@](NC(C)=O)(C(=O)NCCCC)C1. The fraction of sp³-hybridized carbons (Fsp3) is 0.762. The molecule has 0 spiro atoms. The van der Waals surface area contributed by atoms with E-state index in [1.165, 1.54) is 6.92 Å². The third-order valence-electron chi connectivity index (χ3n) is 5.01. The van der Waals surface area contributed by atoms with Gasteiger partial charge in [0, 0.05) is 25.9 Å². The van der Waals surface area contributed by atoms with Crippen LogP contribution in [-0.2, 0) is 14.3 Å². The second kappa shape index (κ2) is 10.5. The Hall–Kier alpha value is -2.05. The number of alkyl carbamates (subject to hydrolysis) is 1. The first-order chi connectivity index (χ1) is 13.0. The zero-order valence-corrected chi connectivity index (χ0v) is 18.0. The molecule has 160 valence electrons. The number of carbonyl (C=O) groups is 3. The lowest BCUT2D eigenvalue weighted by Gasteiger charge is -2.45. The van der Waals surface area contributed by atoms with Crippen molar-refractivity contribution < 1.29 is 19.1 Å². The summed E-state index contributed by atoms with van der Waals surface area (Å²) < 4.78 is 5.31. The van der Waals surface area contributed by atoms with Crippen LogP contribution in [0.3, 0.4) is 0 Å². The van der Waals surface area contributed by atoms with Gasteiger partial charge in [-0.25, -0.2) is 4.79 Å². The predicted molar refractivity (Wildman–Crippen MR) is 110 cm³/mol. The molecule has 0 aliphatic heterocycles. The quantitative estimate of drug-likeness (QED) is 0.435. The third kappa shape index (κ3) is 7.17. The molecule has 0 aromatic rings. The molecule has 0 unspecified atom stereocenters. The van der Waals surface area contributed by atoms with E-state index in [1.807, 2.05) is 6.08 Å². The minimum absolute atomic E-state index is 0.126. The van der Waals surface area contributed by atoms with Gasteiger partial charge in [-0.15, -0.1) is 6.58 Å². The molecule has 0 heterocycles. The van der Waals surface area contributed by atoms with Gasteiger partial charge in [0.15, 0.2) is 0 Å². The first-order valence-electron chi connectivity index (χ1n) is 10.2. The number of ether oxygens (including phenoxy) is 1. The molecule has 7 nitrogen and oxygen atoms in total. The van der Waals surface area contributed by atoms with Gasteiger partial charge in [-0.3, -0.25) is 9.59 Å². The highest BCUT2D eigenvalue weighted by Crippen LogP contribution is 2.38. The van der Waals surface area contributed by atoms with Crippen molar-refractivity contribution in [3.8, 4) is 0 Å². The number of amides is 3. The van der Waals surface area contributed by atoms with Gasteiger partial charge < -0.3 is 20.7 Å². The standard InChI is InChI=1S/C21H37N3O4/c1-7-9-12-22-18(26)21(24-15(3)25)13-16(8-2)10-11-17(21)14-23-19(27)28-20(4,5)6/h8,16-17H,2,7,9-14H2,1,3-6H3,(H,22,26)(H,23,27)(H,24,25)/t16-,17+,21-/m1/s1. The average molecular weight is 396 g/mol. The first kappa shape index (κ1) is 24.0.